The third-order valence-corrected chi connectivity index (χ3v) is 0. The van der Waals surface area contributed by atoms with E-state index < -0.39 is 0 Å². The topological polar surface area (TPSA) is 81.3 Å². The molecule has 0 radical (unpaired) electrons. The van der Waals surface area contributed by atoms with Gasteiger partial charge >= 0.3 is 0 Å². The molecule has 0 spiro atoms. The molecule has 0 amide bonds. The summed E-state index contributed by atoms with van der Waals surface area (Å²) in [5, 5.41) is 0.500. The van der Waals surface area contributed by atoms with Crippen molar-refractivity contribution in [1.29, 1.82) is 0 Å². The normalized spacial score (nSPS) is 7.20. The number of hydrogen-bond donors (Lipinski definition) is 3. The van der Waals surface area contributed by atoms with E-state index in [0.717, 1.165) is 0 Å². The van der Waals surface area contributed by atoms with Crippen LogP contribution in [-0.2, 0) is 21.1 Å². The molecule has 0 bridgehead atoms. The number of hydrogen-bond acceptors (Lipinski definition) is 4. The van der Waals surface area contributed by atoms with Crippen LogP contribution in [0.3, 0.4) is 0 Å². The first-order valence-corrected chi connectivity index (χ1v) is 0.775. The minimum Gasteiger partial charge on any atom is -0.241 e. The summed E-state index contributed by atoms with van der Waals surface area (Å²) in [4.78, 5) is 0. The Morgan fingerprint density at radius 2 is 1.00 bits per heavy atom. The van der Waals surface area contributed by atoms with Crippen LogP contribution < -0.4 is 17.5 Å². The fourth-order valence-corrected chi connectivity index (χ4v) is 0. The van der Waals surface area contributed by atoms with Crippen molar-refractivity contribution < 1.29 is 21.1 Å². The number of hydrazine groups is 3. The van der Waals surface area contributed by atoms with Gasteiger partial charge in [0, 0.05) is 21.1 Å². The molecular weight excluding hydrogens is 152 g/mol. The van der Waals surface area contributed by atoms with Gasteiger partial charge < -0.3 is 0 Å². The molecule has 0 aliphatic rings. The first-order chi connectivity index (χ1) is 1.73. The maximum Gasteiger partial charge on any atom is 0 e. The summed E-state index contributed by atoms with van der Waals surface area (Å²) < 4.78 is 0. The molecule has 0 saturated carbocycles. The maximum absolute atomic E-state index is 4.50. The molecule has 0 saturated heterocycles. The van der Waals surface area contributed by atoms with E-state index in [-0.39, 0.29) is 21.1 Å². The van der Waals surface area contributed by atoms with Crippen LogP contribution >= 0.6 is 0 Å². The largest absolute Gasteiger partial charge is 0.241 e. The minimum absolute atomic E-state index is 0. The van der Waals surface area contributed by atoms with E-state index in [2.05, 4.69) is 17.5 Å². The molecule has 0 aromatic rings. The average Bonchev–Trinajstić information content (AvgIpc) is 0.811. The van der Waals surface area contributed by atoms with Gasteiger partial charge in [0.1, 0.15) is 0 Å². The Morgan fingerprint density at radius 3 is 1.00 bits per heavy atom. The Balaban J connectivity index is 0. The van der Waals surface area contributed by atoms with E-state index in [0.29, 0.717) is 5.23 Å². The Labute approximate surface area is 44.5 Å². The molecule has 5 heavy (non-hydrogen) atoms. The van der Waals surface area contributed by atoms with Crippen LogP contribution in [0, 0.1) is 0 Å². The maximum atomic E-state index is 4.50. The first-order valence-electron chi connectivity index (χ1n) is 0.775. The molecule has 0 aromatic heterocycles. The van der Waals surface area contributed by atoms with Crippen molar-refractivity contribution in [3.05, 3.63) is 0 Å². The summed E-state index contributed by atoms with van der Waals surface area (Å²) in [6, 6.07) is 0. The van der Waals surface area contributed by atoms with Crippen molar-refractivity contribution >= 4 is 0 Å². The molecule has 6 N–H and O–H groups in total. The van der Waals surface area contributed by atoms with Crippen molar-refractivity contribution in [3.63, 3.8) is 0 Å². The predicted octanol–water partition coefficient (Wildman–Crippen LogP) is -2.09. The van der Waals surface area contributed by atoms with Crippen LogP contribution in [0.25, 0.3) is 0 Å². The summed E-state index contributed by atoms with van der Waals surface area (Å²) in [6.45, 7) is 0. The Bertz CT molecular complexity index is 8.36. The number of nitrogens with two attached hydrogens (primary N) is 3. The van der Waals surface area contributed by atoms with Crippen LogP contribution in [-0.4, -0.2) is 5.23 Å². The summed E-state index contributed by atoms with van der Waals surface area (Å²) in [7, 11) is 0. The second-order valence-corrected chi connectivity index (χ2v) is 0.447. The van der Waals surface area contributed by atoms with Crippen LogP contribution in [0.5, 0.6) is 0 Å². The van der Waals surface area contributed by atoms with Gasteiger partial charge in [-0.2, -0.15) is 0 Å². The molecule has 0 unspecified atom stereocenters. The van der Waals surface area contributed by atoms with E-state index in [1.807, 2.05) is 0 Å². The number of nitrogens with zero attached hydrogens (tertiary/aromatic N) is 1. The van der Waals surface area contributed by atoms with Gasteiger partial charge in [0.15, 0.2) is 0 Å². The first kappa shape index (κ1) is 9.11. The molecule has 0 heterocycles. The second-order valence-electron chi connectivity index (χ2n) is 0.447. The van der Waals surface area contributed by atoms with Gasteiger partial charge in [-0.25, -0.2) is 17.5 Å². The molecule has 0 atom stereocenters. The summed E-state index contributed by atoms with van der Waals surface area (Å²) in [5.74, 6) is 13.5. The van der Waals surface area contributed by atoms with Gasteiger partial charge in [0.2, 0.25) is 0 Å². The van der Waals surface area contributed by atoms with E-state index >= 15 is 0 Å². The van der Waals surface area contributed by atoms with Crippen molar-refractivity contribution in [2.75, 3.05) is 0 Å². The van der Waals surface area contributed by atoms with E-state index in [4.69, 9.17) is 0 Å². The SMILES string of the molecule is NN(N)N.[Mo]. The fraction of sp³-hybridized carbons (Fsp3) is 0. The van der Waals surface area contributed by atoms with Gasteiger partial charge in [-0.3, -0.25) is 0 Å². The van der Waals surface area contributed by atoms with Crippen molar-refractivity contribution in [1.82, 2.24) is 5.23 Å². The molecule has 4 nitrogen and oxygen atoms in total. The zero-order valence-corrected chi connectivity index (χ0v) is 4.59. The number of rotatable bonds is 0. The minimum atomic E-state index is 0. The van der Waals surface area contributed by atoms with E-state index in [1.54, 1.807) is 0 Å². The Kier molecular flexibility index (Phi) is 8.25. The average molecular weight is 158 g/mol. The third kappa shape index (κ3) is 104. The molecule has 32 valence electrons. The molecular formula is H6MoN4. The van der Waals surface area contributed by atoms with E-state index in [1.165, 1.54) is 0 Å². The molecule has 0 aromatic carbocycles. The third-order valence-electron chi connectivity index (χ3n) is 0. The molecule has 0 fully saturated rings. The van der Waals surface area contributed by atoms with Crippen LogP contribution in [0.15, 0.2) is 0 Å². The predicted molar refractivity (Wildman–Crippen MR) is 14.4 cm³/mol. The quantitative estimate of drug-likeness (QED) is 0.214. The summed E-state index contributed by atoms with van der Waals surface area (Å²) >= 11 is 0. The van der Waals surface area contributed by atoms with Crippen molar-refractivity contribution in [2.45, 2.75) is 0 Å². The summed E-state index contributed by atoms with van der Waals surface area (Å²) in [6.07, 6.45) is 0. The standard InChI is InChI=1S/Mo.H6N4/c;1-4(2)3/h;1-3H2. The van der Waals surface area contributed by atoms with Crippen LogP contribution in [0.2, 0.25) is 0 Å². The molecule has 0 rings (SSSR count). The van der Waals surface area contributed by atoms with Gasteiger partial charge in [-0.15, -0.1) is 5.23 Å². The zero-order valence-electron chi connectivity index (χ0n) is 2.59. The fourth-order valence-electron chi connectivity index (χ4n) is 0. The molecule has 0 aliphatic carbocycles. The van der Waals surface area contributed by atoms with Crippen LogP contribution in [0.4, 0.5) is 0 Å². The van der Waals surface area contributed by atoms with E-state index in [9.17, 15) is 0 Å². The Hall–Kier alpha value is 0.528. The van der Waals surface area contributed by atoms with Gasteiger partial charge in [-0.1, -0.05) is 0 Å². The van der Waals surface area contributed by atoms with Crippen molar-refractivity contribution in [2.24, 2.45) is 17.5 Å². The van der Waals surface area contributed by atoms with Gasteiger partial charge in [-0.05, 0) is 0 Å². The molecule has 0 aliphatic heterocycles. The summed E-state index contributed by atoms with van der Waals surface area (Å²) in [5.41, 5.74) is 0. The second kappa shape index (κ2) is 4.53. The monoisotopic (exact) mass is 160 g/mol. The zero-order chi connectivity index (χ0) is 3.58. The molecule has 5 heteroatoms. The Morgan fingerprint density at radius 1 is 1.00 bits per heavy atom. The smallest absolute Gasteiger partial charge is 0 e. The van der Waals surface area contributed by atoms with Crippen LogP contribution in [0.1, 0.15) is 0 Å². The van der Waals surface area contributed by atoms with Crippen molar-refractivity contribution in [3.8, 4) is 0 Å². The van der Waals surface area contributed by atoms with Gasteiger partial charge in [0.05, 0.1) is 0 Å². The van der Waals surface area contributed by atoms with Gasteiger partial charge in [0.25, 0.3) is 0 Å².